The number of hydrogen-bond donors (Lipinski definition) is 2. The van der Waals surface area contributed by atoms with Crippen LogP contribution in [0.3, 0.4) is 0 Å². The molecule has 1 aromatic heterocycles. The second-order valence-corrected chi connectivity index (χ2v) is 7.48. The van der Waals surface area contributed by atoms with Crippen LogP contribution in [0.5, 0.6) is 5.75 Å². The number of nitrogens with zero attached hydrogens (tertiary/aromatic N) is 1. The fourth-order valence-corrected chi connectivity index (χ4v) is 4.08. The molecule has 6 nitrogen and oxygen atoms in total. The van der Waals surface area contributed by atoms with Gasteiger partial charge in [0, 0.05) is 4.91 Å². The molecule has 0 spiro atoms. The molecule has 0 aliphatic rings. The van der Waals surface area contributed by atoms with E-state index in [1.807, 2.05) is 30.3 Å². The van der Waals surface area contributed by atoms with Gasteiger partial charge in [0.05, 0.1) is 16.0 Å². The van der Waals surface area contributed by atoms with Crippen LogP contribution >= 0.6 is 23.1 Å². The Morgan fingerprint density at radius 2 is 1.81 bits per heavy atom. The molecule has 3 rings (SSSR count). The minimum absolute atomic E-state index is 0.0679. The molecule has 2 N–H and O–H groups in total. The van der Waals surface area contributed by atoms with Crippen molar-refractivity contribution in [2.75, 3.05) is 12.4 Å². The van der Waals surface area contributed by atoms with Crippen molar-refractivity contribution >= 4 is 56.2 Å². The Kier molecular flexibility index (Phi) is 6.10. The number of carboxylic acids is 2. The van der Waals surface area contributed by atoms with Gasteiger partial charge in [-0.05, 0) is 35.9 Å². The van der Waals surface area contributed by atoms with Gasteiger partial charge in [-0.2, -0.15) is 0 Å². The van der Waals surface area contributed by atoms with E-state index in [-0.39, 0.29) is 5.75 Å². The summed E-state index contributed by atoms with van der Waals surface area (Å²) >= 11 is 2.72. The van der Waals surface area contributed by atoms with E-state index in [0.717, 1.165) is 25.7 Å². The lowest BCUT2D eigenvalue weighted by Gasteiger charge is -2.05. The van der Waals surface area contributed by atoms with Crippen LogP contribution in [0.25, 0.3) is 21.2 Å². The van der Waals surface area contributed by atoms with Gasteiger partial charge in [-0.3, -0.25) is 4.79 Å². The smallest absolute Gasteiger partial charge is 0.341 e. The Balaban J connectivity index is 1.87. The van der Waals surface area contributed by atoms with E-state index in [2.05, 4.69) is 4.98 Å². The Morgan fingerprint density at radius 1 is 1.07 bits per heavy atom. The summed E-state index contributed by atoms with van der Waals surface area (Å²) in [7, 11) is 0. The number of para-hydroxylation sites is 1. The van der Waals surface area contributed by atoms with E-state index in [1.165, 1.54) is 23.1 Å². The average Bonchev–Trinajstić information content (AvgIpc) is 3.08. The minimum Gasteiger partial charge on any atom is -0.482 e. The lowest BCUT2D eigenvalue weighted by Crippen LogP contribution is -2.09. The summed E-state index contributed by atoms with van der Waals surface area (Å²) in [6.07, 6.45) is 1.87. The van der Waals surface area contributed by atoms with Gasteiger partial charge in [0.15, 0.2) is 6.61 Å². The van der Waals surface area contributed by atoms with Crippen LogP contribution in [-0.2, 0) is 9.59 Å². The Bertz CT molecular complexity index is 962. The molecule has 0 bridgehead atoms. The average molecular weight is 401 g/mol. The van der Waals surface area contributed by atoms with Gasteiger partial charge in [0.2, 0.25) is 0 Å². The zero-order valence-electron chi connectivity index (χ0n) is 14.0. The van der Waals surface area contributed by atoms with Gasteiger partial charge < -0.3 is 14.9 Å². The number of rotatable bonds is 8. The predicted octanol–water partition coefficient (Wildman–Crippen LogP) is 4.08. The van der Waals surface area contributed by atoms with Crippen LogP contribution in [-0.4, -0.2) is 39.5 Å². The van der Waals surface area contributed by atoms with Crippen LogP contribution in [0, 0.1) is 0 Å². The number of hydrogen-bond acceptors (Lipinski definition) is 6. The molecule has 0 fully saturated rings. The summed E-state index contributed by atoms with van der Waals surface area (Å²) in [4.78, 5) is 26.9. The van der Waals surface area contributed by atoms with Crippen molar-refractivity contribution in [3.63, 3.8) is 0 Å². The molecule has 8 heteroatoms. The Hall–Kier alpha value is -2.84. The molecule has 0 radical (unpaired) electrons. The lowest BCUT2D eigenvalue weighted by atomic mass is 10.2. The van der Waals surface area contributed by atoms with Gasteiger partial charge >= 0.3 is 11.9 Å². The lowest BCUT2D eigenvalue weighted by molar-refractivity contribution is -0.139. The highest BCUT2D eigenvalue weighted by Gasteiger charge is 2.12. The second-order valence-electron chi connectivity index (χ2n) is 5.43. The molecule has 0 amide bonds. The molecule has 0 aliphatic carbocycles. The third kappa shape index (κ3) is 5.32. The number of carbonyl (C=O) groups is 2. The number of benzene rings is 2. The molecule has 2 aromatic carbocycles. The zero-order chi connectivity index (χ0) is 19.2. The molecule has 0 atom stereocenters. The highest BCUT2D eigenvalue weighted by atomic mass is 32.2. The summed E-state index contributed by atoms with van der Waals surface area (Å²) in [5, 5.41) is 18.4. The number of carboxylic acid groups (broad SMARTS) is 2. The van der Waals surface area contributed by atoms with Crippen LogP contribution in [0.4, 0.5) is 0 Å². The summed E-state index contributed by atoms with van der Waals surface area (Å²) in [5.41, 5.74) is 1.71. The monoisotopic (exact) mass is 401 g/mol. The molecule has 3 aromatic rings. The van der Waals surface area contributed by atoms with Crippen molar-refractivity contribution in [3.8, 4) is 5.75 Å². The van der Waals surface area contributed by atoms with E-state index >= 15 is 0 Å². The number of thiazole rings is 1. The highest BCUT2D eigenvalue weighted by molar-refractivity contribution is 8.09. The van der Waals surface area contributed by atoms with Crippen molar-refractivity contribution in [3.05, 3.63) is 59.1 Å². The van der Waals surface area contributed by atoms with Crippen LogP contribution in [0.1, 0.15) is 10.6 Å². The van der Waals surface area contributed by atoms with Gasteiger partial charge in [0.1, 0.15) is 10.8 Å². The molecule has 27 heavy (non-hydrogen) atoms. The maximum absolute atomic E-state index is 11.0. The standard InChI is InChI=1S/C19H15NO5S2/c21-17(22)10-25-13-7-5-12(6-8-13)9-16(26-11-18(23)24)19-20-14-3-1-2-4-15(14)27-19/h1-9H,10-11H2,(H,21,22)(H,23,24)/b16-9-. The SMILES string of the molecule is O=C(O)COc1ccc(/C=C(\SCC(=O)O)c2nc3ccccc3s2)cc1. The largest absolute Gasteiger partial charge is 0.482 e. The van der Waals surface area contributed by atoms with Gasteiger partial charge in [0.25, 0.3) is 0 Å². The summed E-state index contributed by atoms with van der Waals surface area (Å²) in [5.74, 6) is -1.55. The maximum atomic E-state index is 11.0. The second kappa shape index (κ2) is 8.70. The topological polar surface area (TPSA) is 96.7 Å². The van der Waals surface area contributed by atoms with Crippen molar-refractivity contribution in [1.29, 1.82) is 0 Å². The first-order chi connectivity index (χ1) is 13.0. The van der Waals surface area contributed by atoms with Gasteiger partial charge in [-0.25, -0.2) is 9.78 Å². The molecule has 1 heterocycles. The first kappa shape index (κ1) is 18.9. The van der Waals surface area contributed by atoms with E-state index in [0.29, 0.717) is 5.75 Å². The molecule has 0 unspecified atom stereocenters. The molecule has 0 aliphatic heterocycles. The van der Waals surface area contributed by atoms with Crippen molar-refractivity contribution in [1.82, 2.24) is 4.98 Å². The van der Waals surface area contributed by atoms with E-state index in [1.54, 1.807) is 24.3 Å². The van der Waals surface area contributed by atoms with E-state index < -0.39 is 18.5 Å². The fraction of sp³-hybridized carbons (Fsp3) is 0.105. The summed E-state index contributed by atoms with van der Waals surface area (Å²) < 4.78 is 6.15. The molecule has 0 saturated heterocycles. The fourth-order valence-electron chi connectivity index (χ4n) is 2.24. The van der Waals surface area contributed by atoms with Crippen LogP contribution in [0.15, 0.2) is 48.5 Å². The van der Waals surface area contributed by atoms with E-state index in [4.69, 9.17) is 14.9 Å². The Labute approximate surface area is 163 Å². The maximum Gasteiger partial charge on any atom is 0.341 e. The van der Waals surface area contributed by atoms with Gasteiger partial charge in [-0.1, -0.05) is 24.3 Å². The highest BCUT2D eigenvalue weighted by Crippen LogP contribution is 2.35. The van der Waals surface area contributed by atoms with Crippen LogP contribution < -0.4 is 4.74 Å². The van der Waals surface area contributed by atoms with Crippen molar-refractivity contribution in [2.45, 2.75) is 0 Å². The third-order valence-electron chi connectivity index (χ3n) is 3.40. The zero-order valence-corrected chi connectivity index (χ0v) is 15.6. The first-order valence-corrected chi connectivity index (χ1v) is 9.68. The summed E-state index contributed by atoms with van der Waals surface area (Å²) in [6.45, 7) is -0.402. The number of thioether (sulfide) groups is 1. The van der Waals surface area contributed by atoms with Crippen LogP contribution in [0.2, 0.25) is 0 Å². The predicted molar refractivity (Wildman–Crippen MR) is 107 cm³/mol. The first-order valence-electron chi connectivity index (χ1n) is 7.88. The van der Waals surface area contributed by atoms with Crippen molar-refractivity contribution in [2.24, 2.45) is 0 Å². The van der Waals surface area contributed by atoms with Gasteiger partial charge in [-0.15, -0.1) is 23.1 Å². The normalized spacial score (nSPS) is 11.5. The number of ether oxygens (including phenoxy) is 1. The van der Waals surface area contributed by atoms with E-state index in [9.17, 15) is 9.59 Å². The Morgan fingerprint density at radius 3 is 2.48 bits per heavy atom. The quantitative estimate of drug-likeness (QED) is 0.587. The number of aromatic nitrogens is 1. The third-order valence-corrected chi connectivity index (χ3v) is 5.61. The number of fused-ring (bicyclic) bond motifs is 1. The molecule has 0 saturated carbocycles. The minimum atomic E-state index is -1.04. The van der Waals surface area contributed by atoms with Crippen molar-refractivity contribution < 1.29 is 24.5 Å². The molecular weight excluding hydrogens is 386 g/mol. The molecule has 138 valence electrons. The molecular formula is C19H15NO5S2. The summed E-state index contributed by atoms with van der Waals surface area (Å²) in [6, 6.07) is 14.7. The number of aliphatic carboxylic acids is 2.